The van der Waals surface area contributed by atoms with Gasteiger partial charge in [0.2, 0.25) is 11.8 Å². The third kappa shape index (κ3) is 2.18. The zero-order valence-electron chi connectivity index (χ0n) is 11.8. The summed E-state index contributed by atoms with van der Waals surface area (Å²) in [6, 6.07) is 0. The van der Waals surface area contributed by atoms with E-state index in [4.69, 9.17) is 15.2 Å². The lowest BCUT2D eigenvalue weighted by molar-refractivity contribution is 0.167. The minimum atomic E-state index is 0.274. The summed E-state index contributed by atoms with van der Waals surface area (Å²) in [7, 11) is 3.30. The Morgan fingerprint density at radius 2 is 2.15 bits per heavy atom. The van der Waals surface area contributed by atoms with Gasteiger partial charge in [-0.15, -0.1) is 0 Å². The zero-order chi connectivity index (χ0) is 14.2. The summed E-state index contributed by atoms with van der Waals surface area (Å²) in [5, 5.41) is 0. The molecule has 0 aromatic carbocycles. The number of imidazole rings is 1. The number of hydrogen-bond acceptors (Lipinski definition) is 6. The predicted octanol–water partition coefficient (Wildman–Crippen LogP) is 1.23. The summed E-state index contributed by atoms with van der Waals surface area (Å²) < 4.78 is 12.4. The monoisotopic (exact) mass is 277 g/mol. The molecule has 2 heterocycles. The summed E-state index contributed by atoms with van der Waals surface area (Å²) in [4.78, 5) is 12.7. The van der Waals surface area contributed by atoms with Gasteiger partial charge in [0, 0.05) is 20.3 Å². The molecule has 1 saturated carbocycles. The molecule has 2 aromatic heterocycles. The van der Waals surface area contributed by atoms with E-state index in [1.807, 2.05) is 4.57 Å². The minimum absolute atomic E-state index is 0.274. The molecule has 1 fully saturated rings. The third-order valence-electron chi connectivity index (χ3n) is 4.01. The Morgan fingerprint density at radius 1 is 1.35 bits per heavy atom. The highest BCUT2D eigenvalue weighted by Crippen LogP contribution is 2.50. The Hall–Kier alpha value is -1.89. The van der Waals surface area contributed by atoms with Crippen molar-refractivity contribution in [1.82, 2.24) is 19.5 Å². The van der Waals surface area contributed by atoms with Crippen molar-refractivity contribution in [2.75, 3.05) is 26.6 Å². The second kappa shape index (κ2) is 4.90. The third-order valence-corrected chi connectivity index (χ3v) is 4.01. The Kier molecular flexibility index (Phi) is 3.21. The molecular weight excluding hydrogens is 258 g/mol. The Labute approximate surface area is 117 Å². The summed E-state index contributed by atoms with van der Waals surface area (Å²) in [5.74, 6) is 0.921. The fourth-order valence-electron chi connectivity index (χ4n) is 2.56. The van der Waals surface area contributed by atoms with E-state index in [1.165, 1.54) is 19.2 Å². The summed E-state index contributed by atoms with van der Waals surface area (Å²) in [6.45, 7) is 1.59. The van der Waals surface area contributed by atoms with E-state index in [2.05, 4.69) is 15.0 Å². The van der Waals surface area contributed by atoms with Crippen LogP contribution in [0.25, 0.3) is 11.2 Å². The van der Waals surface area contributed by atoms with Gasteiger partial charge in [0.1, 0.15) is 6.33 Å². The van der Waals surface area contributed by atoms with Gasteiger partial charge in [0.25, 0.3) is 0 Å². The molecule has 0 atom stereocenters. The van der Waals surface area contributed by atoms with Crippen LogP contribution in [0.4, 0.5) is 5.95 Å². The maximum absolute atomic E-state index is 6.04. The van der Waals surface area contributed by atoms with Crippen LogP contribution in [0.1, 0.15) is 19.3 Å². The largest absolute Gasteiger partial charge is 0.479 e. The van der Waals surface area contributed by atoms with E-state index >= 15 is 0 Å². The number of nitrogens with zero attached hydrogens (tertiary/aromatic N) is 4. The predicted molar refractivity (Wildman–Crippen MR) is 74.4 cm³/mol. The van der Waals surface area contributed by atoms with Crippen molar-refractivity contribution in [3.63, 3.8) is 0 Å². The SMILES string of the molecule is COCCC1(Cn2c(N)nc3c(OC)ncnc32)CC1. The highest BCUT2D eigenvalue weighted by atomic mass is 16.5. The molecule has 108 valence electrons. The molecule has 0 unspecified atom stereocenters. The molecule has 20 heavy (non-hydrogen) atoms. The van der Waals surface area contributed by atoms with Gasteiger partial charge in [-0.1, -0.05) is 0 Å². The first kappa shape index (κ1) is 13.1. The van der Waals surface area contributed by atoms with E-state index in [0.717, 1.165) is 25.2 Å². The van der Waals surface area contributed by atoms with E-state index in [1.54, 1.807) is 14.2 Å². The molecule has 1 aliphatic rings. The number of nitrogens with two attached hydrogens (primary N) is 1. The van der Waals surface area contributed by atoms with Crippen molar-refractivity contribution in [1.29, 1.82) is 0 Å². The van der Waals surface area contributed by atoms with Crippen LogP contribution in [0.5, 0.6) is 5.88 Å². The fourth-order valence-corrected chi connectivity index (χ4v) is 2.56. The molecule has 3 rings (SSSR count). The molecule has 2 N–H and O–H groups in total. The number of hydrogen-bond donors (Lipinski definition) is 1. The Balaban J connectivity index is 1.94. The molecule has 0 radical (unpaired) electrons. The fraction of sp³-hybridized carbons (Fsp3) is 0.615. The lowest BCUT2D eigenvalue weighted by Gasteiger charge is -2.16. The second-order valence-corrected chi connectivity index (χ2v) is 5.35. The van der Waals surface area contributed by atoms with Gasteiger partial charge in [0.05, 0.1) is 7.11 Å². The summed E-state index contributed by atoms with van der Waals surface area (Å²) in [6.07, 6.45) is 4.90. The van der Waals surface area contributed by atoms with Crippen molar-refractivity contribution >= 4 is 17.1 Å². The lowest BCUT2D eigenvalue weighted by atomic mass is 10.0. The second-order valence-electron chi connectivity index (χ2n) is 5.35. The van der Waals surface area contributed by atoms with Crippen molar-refractivity contribution in [2.45, 2.75) is 25.8 Å². The molecule has 7 nitrogen and oxygen atoms in total. The minimum Gasteiger partial charge on any atom is -0.479 e. The standard InChI is InChI=1S/C13H19N5O2/c1-19-6-5-13(3-4-13)7-18-10-9(17-12(18)14)11(20-2)16-8-15-10/h8H,3-7H2,1-2H3,(H2,14,17). The number of fused-ring (bicyclic) bond motifs is 1. The first-order valence-corrected chi connectivity index (χ1v) is 6.69. The quantitative estimate of drug-likeness (QED) is 0.854. The van der Waals surface area contributed by atoms with Gasteiger partial charge in [-0.05, 0) is 24.7 Å². The lowest BCUT2D eigenvalue weighted by Crippen LogP contribution is -2.16. The van der Waals surface area contributed by atoms with Crippen molar-refractivity contribution < 1.29 is 9.47 Å². The smallest absolute Gasteiger partial charge is 0.245 e. The van der Waals surface area contributed by atoms with E-state index < -0.39 is 0 Å². The average Bonchev–Trinajstić information content (AvgIpc) is 3.16. The molecule has 0 aliphatic heterocycles. The molecule has 2 aromatic rings. The highest BCUT2D eigenvalue weighted by molar-refractivity contribution is 5.78. The first-order chi connectivity index (χ1) is 9.69. The number of anilines is 1. The first-order valence-electron chi connectivity index (χ1n) is 6.69. The molecule has 1 aliphatic carbocycles. The van der Waals surface area contributed by atoms with Crippen molar-refractivity contribution in [3.8, 4) is 5.88 Å². The summed E-state index contributed by atoms with van der Waals surface area (Å²) in [5.41, 5.74) is 7.67. The van der Waals surface area contributed by atoms with Crippen LogP contribution in [0, 0.1) is 5.41 Å². The topological polar surface area (TPSA) is 88.1 Å². The van der Waals surface area contributed by atoms with Crippen molar-refractivity contribution in [2.24, 2.45) is 5.41 Å². The average molecular weight is 277 g/mol. The van der Waals surface area contributed by atoms with Gasteiger partial charge >= 0.3 is 0 Å². The molecular formula is C13H19N5O2. The van der Waals surface area contributed by atoms with Gasteiger partial charge in [-0.2, -0.15) is 4.98 Å². The van der Waals surface area contributed by atoms with Gasteiger partial charge in [-0.3, -0.25) is 4.57 Å². The normalized spacial score (nSPS) is 16.5. The van der Waals surface area contributed by atoms with Gasteiger partial charge < -0.3 is 15.2 Å². The number of nitrogen functional groups attached to an aromatic ring is 1. The number of aromatic nitrogens is 4. The van der Waals surface area contributed by atoms with Crippen LogP contribution in [-0.2, 0) is 11.3 Å². The highest BCUT2D eigenvalue weighted by Gasteiger charge is 2.43. The molecule has 7 heteroatoms. The zero-order valence-corrected chi connectivity index (χ0v) is 11.8. The number of ether oxygens (including phenoxy) is 2. The van der Waals surface area contributed by atoms with E-state index in [0.29, 0.717) is 17.3 Å². The summed E-state index contributed by atoms with van der Waals surface area (Å²) >= 11 is 0. The van der Waals surface area contributed by atoms with E-state index in [9.17, 15) is 0 Å². The van der Waals surface area contributed by atoms with Crippen LogP contribution in [0.15, 0.2) is 6.33 Å². The van der Waals surface area contributed by atoms with Crippen LogP contribution < -0.4 is 10.5 Å². The van der Waals surface area contributed by atoms with Gasteiger partial charge in [-0.25, -0.2) is 9.97 Å². The van der Waals surface area contributed by atoms with Gasteiger partial charge in [0.15, 0.2) is 11.2 Å². The van der Waals surface area contributed by atoms with E-state index in [-0.39, 0.29) is 5.41 Å². The maximum Gasteiger partial charge on any atom is 0.245 e. The maximum atomic E-state index is 6.04. The Bertz CT molecular complexity index is 620. The molecule has 0 spiro atoms. The van der Waals surface area contributed by atoms with Crippen LogP contribution in [-0.4, -0.2) is 40.3 Å². The molecule has 0 saturated heterocycles. The molecule has 0 bridgehead atoms. The van der Waals surface area contributed by atoms with Crippen molar-refractivity contribution in [3.05, 3.63) is 6.33 Å². The number of rotatable bonds is 6. The van der Waals surface area contributed by atoms with Crippen LogP contribution in [0.3, 0.4) is 0 Å². The van der Waals surface area contributed by atoms with Crippen LogP contribution >= 0.6 is 0 Å². The van der Waals surface area contributed by atoms with Crippen LogP contribution in [0.2, 0.25) is 0 Å². The Morgan fingerprint density at radius 3 is 2.80 bits per heavy atom. The number of methoxy groups -OCH3 is 2. The molecule has 0 amide bonds.